The van der Waals surface area contributed by atoms with E-state index in [4.69, 9.17) is 5.73 Å². The van der Waals surface area contributed by atoms with E-state index < -0.39 is 6.04 Å². The van der Waals surface area contributed by atoms with Gasteiger partial charge in [0.2, 0.25) is 17.6 Å². The van der Waals surface area contributed by atoms with Gasteiger partial charge in [0.05, 0.1) is 0 Å². The van der Waals surface area contributed by atoms with Gasteiger partial charge in [0.1, 0.15) is 6.04 Å². The van der Waals surface area contributed by atoms with Crippen LogP contribution in [-0.2, 0) is 16.0 Å². The van der Waals surface area contributed by atoms with Crippen LogP contribution in [0.2, 0.25) is 0 Å². The van der Waals surface area contributed by atoms with Crippen molar-refractivity contribution in [3.63, 3.8) is 0 Å². The van der Waals surface area contributed by atoms with E-state index in [2.05, 4.69) is 77.9 Å². The smallest absolute Gasteiger partial charge is 0.247 e. The molecule has 0 radical (unpaired) electrons. The zero-order valence-electron chi connectivity index (χ0n) is 25.4. The monoisotopic (exact) mass is 607 g/mol. The van der Waals surface area contributed by atoms with Crippen LogP contribution >= 0.6 is 0 Å². The minimum atomic E-state index is -0.731. The molecule has 234 valence electrons. The van der Waals surface area contributed by atoms with Crippen LogP contribution in [0.3, 0.4) is 0 Å². The molecule has 2 fully saturated rings. The van der Waals surface area contributed by atoms with E-state index in [1.807, 2.05) is 24.3 Å². The van der Waals surface area contributed by atoms with Crippen LogP contribution in [-0.4, -0.2) is 71.2 Å². The number of hydrogen-bond acceptors (Lipinski definition) is 8. The molecule has 4 aromatic rings. The number of piperazine rings is 1. The Morgan fingerprint density at radius 3 is 2.13 bits per heavy atom. The molecule has 45 heavy (non-hydrogen) atoms. The van der Waals surface area contributed by atoms with Gasteiger partial charge in [-0.25, -0.2) is 0 Å². The van der Waals surface area contributed by atoms with Crippen molar-refractivity contribution in [2.75, 3.05) is 42.9 Å². The minimum Gasteiger partial charge on any atom is -0.369 e. The molecular formula is C34H41N9O2. The van der Waals surface area contributed by atoms with Gasteiger partial charge in [-0.1, -0.05) is 36.4 Å². The highest BCUT2D eigenvalue weighted by Crippen LogP contribution is 2.29. The number of aromatic amines is 1. The number of nitrogens with two attached hydrogens (primary N) is 1. The van der Waals surface area contributed by atoms with Crippen molar-refractivity contribution in [3.05, 3.63) is 78.4 Å². The molecule has 1 aromatic heterocycles. The van der Waals surface area contributed by atoms with Crippen molar-refractivity contribution in [2.45, 2.75) is 38.1 Å². The number of anilines is 2. The van der Waals surface area contributed by atoms with E-state index in [1.54, 1.807) is 12.1 Å². The molecule has 1 aliphatic heterocycles. The van der Waals surface area contributed by atoms with Gasteiger partial charge in [-0.15, -0.1) is 10.2 Å². The number of hydrogen-bond donors (Lipinski definition) is 5. The molecule has 0 spiro atoms. The van der Waals surface area contributed by atoms with Gasteiger partial charge in [0.25, 0.3) is 0 Å². The molecule has 0 unspecified atom stereocenters. The maximum absolute atomic E-state index is 13.6. The van der Waals surface area contributed by atoms with Gasteiger partial charge in [-0.05, 0) is 96.4 Å². The summed E-state index contributed by atoms with van der Waals surface area (Å²) in [6.07, 6.45) is 3.84. The summed E-state index contributed by atoms with van der Waals surface area (Å²) in [5, 5.41) is 23.5. The number of nitrogens with one attached hydrogen (secondary N) is 4. The second kappa shape index (κ2) is 14.4. The van der Waals surface area contributed by atoms with Crippen LogP contribution in [0.15, 0.2) is 72.8 Å². The number of nitrogens with zero attached hydrogens (tertiary/aromatic N) is 4. The molecule has 6 rings (SSSR count). The van der Waals surface area contributed by atoms with Crippen molar-refractivity contribution in [3.8, 4) is 22.5 Å². The molecule has 3 aromatic carbocycles. The fraction of sp³-hybridized carbons (Fsp3) is 0.382. The molecule has 1 saturated heterocycles. The van der Waals surface area contributed by atoms with Crippen molar-refractivity contribution < 1.29 is 9.59 Å². The Hall–Kier alpha value is -4.61. The van der Waals surface area contributed by atoms with E-state index in [-0.39, 0.29) is 17.7 Å². The van der Waals surface area contributed by atoms with Crippen LogP contribution in [0.4, 0.5) is 11.4 Å². The lowest BCUT2D eigenvalue weighted by molar-refractivity contribution is -0.130. The number of H-pyrrole nitrogens is 1. The predicted molar refractivity (Wildman–Crippen MR) is 175 cm³/mol. The third-order valence-corrected chi connectivity index (χ3v) is 9.02. The summed E-state index contributed by atoms with van der Waals surface area (Å²) in [5.41, 5.74) is 11.7. The van der Waals surface area contributed by atoms with Crippen molar-refractivity contribution in [1.82, 2.24) is 31.3 Å². The first-order valence-corrected chi connectivity index (χ1v) is 15.9. The molecule has 2 aliphatic rings. The lowest BCUT2D eigenvalue weighted by Gasteiger charge is -2.29. The average molecular weight is 608 g/mol. The number of benzene rings is 3. The zero-order chi connectivity index (χ0) is 31.0. The van der Waals surface area contributed by atoms with Gasteiger partial charge in [-0.3, -0.25) is 9.59 Å². The summed E-state index contributed by atoms with van der Waals surface area (Å²) < 4.78 is 0. The lowest BCUT2D eigenvalue weighted by Crippen LogP contribution is -2.48. The number of carbonyl (C=O) groups is 2. The Labute approximate surface area is 263 Å². The molecule has 2 heterocycles. The Balaban J connectivity index is 1.14. The van der Waals surface area contributed by atoms with Crippen LogP contribution < -0.4 is 26.6 Å². The topological polar surface area (TPSA) is 154 Å². The Morgan fingerprint density at radius 2 is 1.51 bits per heavy atom. The largest absolute Gasteiger partial charge is 0.369 e. The Morgan fingerprint density at radius 1 is 0.867 bits per heavy atom. The number of amides is 2. The highest BCUT2D eigenvalue weighted by molar-refractivity contribution is 5.97. The summed E-state index contributed by atoms with van der Waals surface area (Å²) in [5.74, 6) is 0.503. The number of carbonyl (C=O) groups excluding carboxylic acids is 2. The average Bonchev–Trinajstić information content (AvgIpc) is 3.64. The first-order chi connectivity index (χ1) is 22.1. The van der Waals surface area contributed by atoms with Gasteiger partial charge in [0, 0.05) is 55.5 Å². The standard InChI is InChI=1S/C34H41N9O2/c35-22-24-3-7-28(8-4-24)33(44)38-31(34(45)37-29-13-9-27(10-14-29)32-39-41-42-40-32)21-23-1-5-25(6-2-23)26-11-15-30(16-12-26)43-19-17-36-18-20-43/h1-2,5-6,9-16,24,28,31,36H,3-4,7-8,17-22,35H2,(H,37,45)(H,38,44)(H,39,40,41,42)/t24?,28?,31-/m0/s1. The van der Waals surface area contributed by atoms with Crippen LogP contribution in [0.25, 0.3) is 22.5 Å². The molecule has 11 heteroatoms. The van der Waals surface area contributed by atoms with Gasteiger partial charge >= 0.3 is 0 Å². The van der Waals surface area contributed by atoms with E-state index in [9.17, 15) is 9.59 Å². The summed E-state index contributed by atoms with van der Waals surface area (Å²) in [6.45, 7) is 4.69. The summed E-state index contributed by atoms with van der Waals surface area (Å²) in [6, 6.07) is 23.4. The number of tetrazole rings is 1. The molecule has 6 N–H and O–H groups in total. The van der Waals surface area contributed by atoms with Crippen LogP contribution in [0, 0.1) is 11.8 Å². The molecule has 1 aliphatic carbocycles. The van der Waals surface area contributed by atoms with Gasteiger partial charge in [0.15, 0.2) is 0 Å². The maximum atomic E-state index is 13.6. The van der Waals surface area contributed by atoms with Crippen molar-refractivity contribution in [2.24, 2.45) is 17.6 Å². The second-order valence-corrected chi connectivity index (χ2v) is 12.0. The van der Waals surface area contributed by atoms with Crippen molar-refractivity contribution >= 4 is 23.2 Å². The lowest BCUT2D eigenvalue weighted by atomic mass is 9.81. The van der Waals surface area contributed by atoms with Gasteiger partial charge < -0.3 is 26.6 Å². The molecular weight excluding hydrogens is 566 g/mol. The normalized spacial score (nSPS) is 19.1. The van der Waals surface area contributed by atoms with Crippen molar-refractivity contribution in [1.29, 1.82) is 0 Å². The third kappa shape index (κ3) is 7.73. The van der Waals surface area contributed by atoms with E-state index in [0.29, 0.717) is 30.4 Å². The quantitative estimate of drug-likeness (QED) is 0.184. The highest BCUT2D eigenvalue weighted by atomic mass is 16.2. The molecule has 11 nitrogen and oxygen atoms in total. The first-order valence-electron chi connectivity index (χ1n) is 15.9. The second-order valence-electron chi connectivity index (χ2n) is 12.0. The molecule has 2 amide bonds. The third-order valence-electron chi connectivity index (χ3n) is 9.02. The summed E-state index contributed by atoms with van der Waals surface area (Å²) in [4.78, 5) is 29.4. The zero-order valence-corrected chi connectivity index (χ0v) is 25.4. The number of rotatable bonds is 10. The highest BCUT2D eigenvalue weighted by Gasteiger charge is 2.29. The van der Waals surface area contributed by atoms with E-state index in [1.165, 1.54) is 5.69 Å². The minimum absolute atomic E-state index is 0.0701. The number of aromatic nitrogens is 4. The maximum Gasteiger partial charge on any atom is 0.247 e. The fourth-order valence-corrected chi connectivity index (χ4v) is 6.23. The molecule has 0 bridgehead atoms. The molecule has 1 atom stereocenters. The predicted octanol–water partition coefficient (Wildman–Crippen LogP) is 3.37. The SMILES string of the molecule is NCC1CCC(C(=O)N[C@@H](Cc2ccc(-c3ccc(N4CCNCC4)cc3)cc2)C(=O)Nc2ccc(-c3nn[nH]n3)cc2)CC1. The Bertz CT molecular complexity index is 1530. The molecule has 1 saturated carbocycles. The van der Waals surface area contributed by atoms with E-state index >= 15 is 0 Å². The summed E-state index contributed by atoms with van der Waals surface area (Å²) in [7, 11) is 0. The first kappa shape index (κ1) is 30.4. The fourth-order valence-electron chi connectivity index (χ4n) is 6.23. The van der Waals surface area contributed by atoms with Crippen LogP contribution in [0.5, 0.6) is 0 Å². The Kier molecular flexibility index (Phi) is 9.77. The van der Waals surface area contributed by atoms with Gasteiger partial charge in [-0.2, -0.15) is 5.21 Å². The van der Waals surface area contributed by atoms with E-state index in [0.717, 1.165) is 74.1 Å². The van der Waals surface area contributed by atoms with Crippen LogP contribution in [0.1, 0.15) is 31.2 Å². The summed E-state index contributed by atoms with van der Waals surface area (Å²) >= 11 is 0.